The average Bonchev–Trinajstić information content (AvgIpc) is 1.98. The number of hydrogen-bond acceptors (Lipinski definition) is 2. The van der Waals surface area contributed by atoms with Gasteiger partial charge in [-0.3, -0.25) is 0 Å². The standard InChI is InChI=1S/C10H20N2/c1-6-9(11)10(7(2)3)12-8(4)5/h6,8,12H,11H2,1-5H3/b9-6+. The molecule has 2 nitrogen and oxygen atoms in total. The summed E-state index contributed by atoms with van der Waals surface area (Å²) in [4.78, 5) is 0. The van der Waals surface area contributed by atoms with E-state index in [-0.39, 0.29) is 0 Å². The molecule has 0 heterocycles. The maximum atomic E-state index is 5.81. The summed E-state index contributed by atoms with van der Waals surface area (Å²) in [5.74, 6) is 0. The van der Waals surface area contributed by atoms with Gasteiger partial charge in [0.15, 0.2) is 0 Å². The molecule has 0 aromatic carbocycles. The van der Waals surface area contributed by atoms with Crippen LogP contribution in [-0.4, -0.2) is 6.04 Å². The van der Waals surface area contributed by atoms with Crippen LogP contribution in [-0.2, 0) is 0 Å². The predicted octanol–water partition coefficient (Wildman–Crippen LogP) is 2.14. The van der Waals surface area contributed by atoms with Crippen molar-refractivity contribution in [3.05, 3.63) is 23.0 Å². The molecule has 2 heteroatoms. The van der Waals surface area contributed by atoms with Crippen LogP contribution in [0.3, 0.4) is 0 Å². The predicted molar refractivity (Wildman–Crippen MR) is 54.6 cm³/mol. The highest BCUT2D eigenvalue weighted by molar-refractivity contribution is 5.29. The Labute approximate surface area is 75.5 Å². The van der Waals surface area contributed by atoms with Crippen LogP contribution in [0.5, 0.6) is 0 Å². The van der Waals surface area contributed by atoms with Crippen LogP contribution in [0, 0.1) is 0 Å². The van der Waals surface area contributed by atoms with Gasteiger partial charge in [-0.1, -0.05) is 11.6 Å². The Hall–Kier alpha value is -0.920. The first-order chi connectivity index (χ1) is 5.49. The zero-order chi connectivity index (χ0) is 9.72. The van der Waals surface area contributed by atoms with Gasteiger partial charge in [-0.25, -0.2) is 0 Å². The molecule has 0 spiro atoms. The van der Waals surface area contributed by atoms with Crippen LogP contribution < -0.4 is 11.1 Å². The molecular weight excluding hydrogens is 148 g/mol. The van der Waals surface area contributed by atoms with E-state index in [1.54, 1.807) is 0 Å². The summed E-state index contributed by atoms with van der Waals surface area (Å²) in [7, 11) is 0. The molecule has 0 saturated heterocycles. The molecule has 0 fully saturated rings. The minimum atomic E-state index is 0.424. The number of nitrogens with two attached hydrogens (primary N) is 1. The van der Waals surface area contributed by atoms with E-state index >= 15 is 0 Å². The summed E-state index contributed by atoms with van der Waals surface area (Å²) in [6.45, 7) is 10.3. The first-order valence-corrected chi connectivity index (χ1v) is 4.35. The second-order valence-corrected chi connectivity index (χ2v) is 3.42. The lowest BCUT2D eigenvalue weighted by atomic mass is 10.2. The van der Waals surface area contributed by atoms with E-state index in [1.807, 2.05) is 13.0 Å². The monoisotopic (exact) mass is 168 g/mol. The van der Waals surface area contributed by atoms with Crippen molar-refractivity contribution in [3.63, 3.8) is 0 Å². The van der Waals surface area contributed by atoms with Crippen LogP contribution in [0.2, 0.25) is 0 Å². The van der Waals surface area contributed by atoms with Gasteiger partial charge < -0.3 is 11.1 Å². The van der Waals surface area contributed by atoms with Crippen molar-refractivity contribution < 1.29 is 0 Å². The SMILES string of the molecule is C/C=C(/N)C(NC(C)C)=C(C)C. The molecule has 0 rings (SSSR count). The summed E-state index contributed by atoms with van der Waals surface area (Å²) >= 11 is 0. The largest absolute Gasteiger partial charge is 0.397 e. The van der Waals surface area contributed by atoms with Gasteiger partial charge in [-0.05, 0) is 34.6 Å². The van der Waals surface area contributed by atoms with E-state index in [0.717, 1.165) is 11.4 Å². The first-order valence-electron chi connectivity index (χ1n) is 4.35. The number of hydrogen-bond donors (Lipinski definition) is 2. The van der Waals surface area contributed by atoms with Crippen molar-refractivity contribution in [1.29, 1.82) is 0 Å². The zero-order valence-electron chi connectivity index (χ0n) is 8.73. The van der Waals surface area contributed by atoms with Gasteiger partial charge in [0.25, 0.3) is 0 Å². The van der Waals surface area contributed by atoms with E-state index in [0.29, 0.717) is 6.04 Å². The Morgan fingerprint density at radius 3 is 2.08 bits per heavy atom. The Balaban J connectivity index is 4.60. The van der Waals surface area contributed by atoms with Crippen LogP contribution in [0.25, 0.3) is 0 Å². The minimum absolute atomic E-state index is 0.424. The lowest BCUT2D eigenvalue weighted by Gasteiger charge is -2.16. The molecule has 0 unspecified atom stereocenters. The highest BCUT2D eigenvalue weighted by Crippen LogP contribution is 2.07. The quantitative estimate of drug-likeness (QED) is 0.634. The Morgan fingerprint density at radius 1 is 1.33 bits per heavy atom. The molecule has 0 radical (unpaired) electrons. The fraction of sp³-hybridized carbons (Fsp3) is 0.600. The van der Waals surface area contributed by atoms with E-state index in [9.17, 15) is 0 Å². The third kappa shape index (κ3) is 3.46. The molecule has 0 aliphatic carbocycles. The number of allylic oxidation sites excluding steroid dienone is 2. The van der Waals surface area contributed by atoms with E-state index in [2.05, 4.69) is 33.0 Å². The molecule has 12 heavy (non-hydrogen) atoms. The lowest BCUT2D eigenvalue weighted by molar-refractivity contribution is 0.666. The second kappa shape index (κ2) is 4.86. The fourth-order valence-corrected chi connectivity index (χ4v) is 0.949. The van der Waals surface area contributed by atoms with Gasteiger partial charge in [0.2, 0.25) is 0 Å². The van der Waals surface area contributed by atoms with Gasteiger partial charge in [0.1, 0.15) is 0 Å². The lowest BCUT2D eigenvalue weighted by Crippen LogP contribution is -2.26. The van der Waals surface area contributed by atoms with Crippen LogP contribution in [0.15, 0.2) is 23.0 Å². The highest BCUT2D eigenvalue weighted by atomic mass is 14.9. The molecule has 0 aliphatic heterocycles. The summed E-state index contributed by atoms with van der Waals surface area (Å²) in [6.07, 6.45) is 1.91. The van der Waals surface area contributed by atoms with Crippen LogP contribution in [0.4, 0.5) is 0 Å². The minimum Gasteiger partial charge on any atom is -0.397 e. The van der Waals surface area contributed by atoms with Gasteiger partial charge in [-0.15, -0.1) is 0 Å². The highest BCUT2D eigenvalue weighted by Gasteiger charge is 2.02. The third-order valence-corrected chi connectivity index (χ3v) is 1.53. The molecule has 0 aromatic heterocycles. The smallest absolute Gasteiger partial charge is 0.0558 e. The third-order valence-electron chi connectivity index (χ3n) is 1.53. The van der Waals surface area contributed by atoms with Gasteiger partial charge in [0.05, 0.1) is 11.4 Å². The second-order valence-electron chi connectivity index (χ2n) is 3.42. The van der Waals surface area contributed by atoms with Crippen LogP contribution in [0.1, 0.15) is 34.6 Å². The maximum absolute atomic E-state index is 5.81. The fourth-order valence-electron chi connectivity index (χ4n) is 0.949. The average molecular weight is 168 g/mol. The first kappa shape index (κ1) is 11.1. The zero-order valence-corrected chi connectivity index (χ0v) is 8.73. The molecular formula is C10H20N2. The van der Waals surface area contributed by atoms with E-state index in [4.69, 9.17) is 5.73 Å². The molecule has 70 valence electrons. The molecule has 0 aromatic rings. The van der Waals surface area contributed by atoms with Crippen molar-refractivity contribution in [3.8, 4) is 0 Å². The van der Waals surface area contributed by atoms with Gasteiger partial charge in [-0.2, -0.15) is 0 Å². The summed E-state index contributed by atoms with van der Waals surface area (Å²) in [5.41, 5.74) is 8.91. The topological polar surface area (TPSA) is 38.0 Å². The van der Waals surface area contributed by atoms with Crippen molar-refractivity contribution in [1.82, 2.24) is 5.32 Å². The summed E-state index contributed by atoms with van der Waals surface area (Å²) < 4.78 is 0. The molecule has 0 saturated carbocycles. The molecule has 0 aliphatic rings. The Bertz CT molecular complexity index is 196. The van der Waals surface area contributed by atoms with Crippen LogP contribution >= 0.6 is 0 Å². The van der Waals surface area contributed by atoms with Gasteiger partial charge >= 0.3 is 0 Å². The van der Waals surface area contributed by atoms with Crippen molar-refractivity contribution in [2.45, 2.75) is 40.7 Å². The number of rotatable bonds is 3. The summed E-state index contributed by atoms with van der Waals surface area (Å²) in [6, 6.07) is 0.424. The van der Waals surface area contributed by atoms with Gasteiger partial charge in [0, 0.05) is 6.04 Å². The molecule has 0 bridgehead atoms. The molecule has 0 atom stereocenters. The Kier molecular flexibility index (Phi) is 4.49. The molecule has 3 N–H and O–H groups in total. The normalized spacial score (nSPS) is 11.7. The van der Waals surface area contributed by atoms with Crippen molar-refractivity contribution >= 4 is 0 Å². The van der Waals surface area contributed by atoms with E-state index < -0.39 is 0 Å². The summed E-state index contributed by atoms with van der Waals surface area (Å²) in [5, 5.41) is 3.32. The molecule has 0 amide bonds. The van der Waals surface area contributed by atoms with E-state index in [1.165, 1.54) is 5.57 Å². The van der Waals surface area contributed by atoms with Crippen molar-refractivity contribution in [2.75, 3.05) is 0 Å². The maximum Gasteiger partial charge on any atom is 0.0558 e. The van der Waals surface area contributed by atoms with Crippen molar-refractivity contribution in [2.24, 2.45) is 5.73 Å². The number of nitrogens with one attached hydrogen (secondary N) is 1. The Morgan fingerprint density at radius 2 is 1.83 bits per heavy atom.